The Morgan fingerprint density at radius 3 is 1.57 bits per heavy atom. The molecule has 3 aliphatic heterocycles. The van der Waals surface area contributed by atoms with Crippen LogP contribution >= 0.6 is 0 Å². The zero-order valence-electron chi connectivity index (χ0n) is 54.0. The van der Waals surface area contributed by atoms with E-state index in [9.17, 15) is 0 Å². The lowest BCUT2D eigenvalue weighted by Gasteiger charge is -2.51. The minimum absolute atomic E-state index is 0.0109. The molecule has 0 spiro atoms. The van der Waals surface area contributed by atoms with E-state index >= 15 is 0 Å². The summed E-state index contributed by atoms with van der Waals surface area (Å²) in [6.07, 6.45) is 9.34. The van der Waals surface area contributed by atoms with Gasteiger partial charge in [0.1, 0.15) is 0 Å². The first kappa shape index (κ1) is 55.8. The molecule has 6 aliphatic rings. The van der Waals surface area contributed by atoms with Gasteiger partial charge in [-0.3, -0.25) is 0 Å². The Kier molecular flexibility index (Phi) is 12.4. The maximum Gasteiger partial charge on any atom is 0.252 e. The molecule has 5 heteroatoms. The second-order valence-corrected chi connectivity index (χ2v) is 31.0. The highest BCUT2D eigenvalue weighted by molar-refractivity contribution is 7.00. The molecule has 15 rings (SSSR count). The smallest absolute Gasteiger partial charge is 0.252 e. The Morgan fingerprint density at radius 2 is 0.931 bits per heavy atom. The minimum Gasteiger partial charge on any atom is -0.334 e. The molecule has 0 bridgehead atoms. The number of hydrogen-bond donors (Lipinski definition) is 0. The fraction of sp³-hybridized carbons (Fsp3) is 0.341. The van der Waals surface area contributed by atoms with Crippen LogP contribution in [0.1, 0.15) is 175 Å². The van der Waals surface area contributed by atoms with Gasteiger partial charge in [0, 0.05) is 67.9 Å². The number of hydrogen-bond acceptors (Lipinski definition) is 4. The van der Waals surface area contributed by atoms with Crippen LogP contribution in [-0.2, 0) is 32.5 Å². The van der Waals surface area contributed by atoms with Crippen molar-refractivity contribution >= 4 is 85.7 Å². The summed E-state index contributed by atoms with van der Waals surface area (Å²) in [6, 6.07) is 76.0. The van der Waals surface area contributed by atoms with Crippen molar-refractivity contribution in [2.24, 2.45) is 0 Å². The van der Waals surface area contributed by atoms with Crippen LogP contribution in [0.5, 0.6) is 0 Å². The van der Waals surface area contributed by atoms with Gasteiger partial charge in [0.05, 0.1) is 11.2 Å². The molecule has 9 aromatic rings. The first-order valence-corrected chi connectivity index (χ1v) is 32.8. The predicted molar refractivity (Wildman–Crippen MR) is 373 cm³/mol. The summed E-state index contributed by atoms with van der Waals surface area (Å²) in [5, 5.41) is 0. The predicted octanol–water partition coefficient (Wildman–Crippen LogP) is 20.6. The monoisotopic (exact) mass is 1140 g/mol. The van der Waals surface area contributed by atoms with Gasteiger partial charge in [-0.25, -0.2) is 0 Å². The Hall–Kier alpha value is -7.76. The highest BCUT2D eigenvalue weighted by Crippen LogP contribution is 2.63. The van der Waals surface area contributed by atoms with Crippen molar-refractivity contribution in [3.8, 4) is 11.1 Å². The number of benzene rings is 9. The van der Waals surface area contributed by atoms with Crippen LogP contribution in [0.2, 0.25) is 0 Å². The van der Waals surface area contributed by atoms with Gasteiger partial charge in [0.2, 0.25) is 0 Å². The summed E-state index contributed by atoms with van der Waals surface area (Å²) in [5.41, 5.74) is 28.4. The molecule has 2 atom stereocenters. The van der Waals surface area contributed by atoms with Crippen LogP contribution in [0.4, 0.5) is 62.6 Å². The van der Waals surface area contributed by atoms with Crippen molar-refractivity contribution in [3.05, 3.63) is 228 Å². The van der Waals surface area contributed by atoms with Gasteiger partial charge >= 0.3 is 0 Å². The van der Waals surface area contributed by atoms with Crippen LogP contribution in [0.15, 0.2) is 194 Å². The molecule has 3 heterocycles. The van der Waals surface area contributed by atoms with E-state index < -0.39 is 0 Å². The quantitative estimate of drug-likeness (QED) is 0.147. The molecular weight excluding hydrogens is 1050 g/mol. The number of para-hydroxylation sites is 3. The molecule has 438 valence electrons. The van der Waals surface area contributed by atoms with Crippen molar-refractivity contribution in [2.45, 2.75) is 179 Å². The summed E-state index contributed by atoms with van der Waals surface area (Å²) in [7, 11) is 0. The van der Waals surface area contributed by atoms with E-state index in [-0.39, 0.29) is 44.7 Å². The van der Waals surface area contributed by atoms with Gasteiger partial charge in [-0.05, 0) is 213 Å². The van der Waals surface area contributed by atoms with Gasteiger partial charge in [-0.2, -0.15) is 0 Å². The zero-order valence-corrected chi connectivity index (χ0v) is 54.0. The third-order valence-electron chi connectivity index (χ3n) is 22.8. The Labute approximate surface area is 520 Å². The van der Waals surface area contributed by atoms with Crippen molar-refractivity contribution in [1.82, 2.24) is 0 Å². The molecule has 4 nitrogen and oxygen atoms in total. The summed E-state index contributed by atoms with van der Waals surface area (Å²) >= 11 is 0. The molecule has 0 aromatic heterocycles. The minimum atomic E-state index is -0.178. The Balaban J connectivity index is 1.11. The molecule has 2 unspecified atom stereocenters. The SMILES string of the molecule is CC(C)(C)c1ccc(N2c3cc(N(c4ccccc4)c4ccccc4)ccc3B3c4cc5c(cc4N(c4ccc6c(c4)C(C)(C)CCC6(C)C)c4cc(N6c7ccccc7C7(C)CCCCC67C)cc2c43)C(C)(C)CCC5(C)C)c(-c2ccccc2)c1. The van der Waals surface area contributed by atoms with Crippen molar-refractivity contribution in [1.29, 1.82) is 0 Å². The lowest BCUT2D eigenvalue weighted by atomic mass is 9.33. The van der Waals surface area contributed by atoms with E-state index in [1.807, 2.05) is 0 Å². The molecule has 1 fully saturated rings. The topological polar surface area (TPSA) is 13.0 Å². The van der Waals surface area contributed by atoms with Crippen molar-refractivity contribution < 1.29 is 0 Å². The largest absolute Gasteiger partial charge is 0.334 e. The van der Waals surface area contributed by atoms with Crippen LogP contribution in [0, 0.1) is 0 Å². The molecule has 0 amide bonds. The summed E-state index contributed by atoms with van der Waals surface area (Å²) in [4.78, 5) is 10.8. The molecule has 87 heavy (non-hydrogen) atoms. The first-order valence-electron chi connectivity index (χ1n) is 32.8. The number of fused-ring (bicyclic) bond motifs is 9. The first-order chi connectivity index (χ1) is 41.5. The summed E-state index contributed by atoms with van der Waals surface area (Å²) < 4.78 is 0. The normalized spacial score (nSPS) is 21.4. The number of nitrogens with zero attached hydrogens (tertiary/aromatic N) is 4. The van der Waals surface area contributed by atoms with Crippen molar-refractivity contribution in [3.63, 3.8) is 0 Å². The second-order valence-electron chi connectivity index (χ2n) is 31.0. The lowest BCUT2D eigenvalue weighted by Crippen LogP contribution is -2.62. The van der Waals surface area contributed by atoms with Gasteiger partial charge in [-0.15, -0.1) is 0 Å². The standard InChI is InChI=1S/C82H87BN4/c1-76(2,3)55-35-40-69(61(47-55)54-27-17-14-18-28-54)86-71-49-59(84(56-29-19-15-20-30-56)57-31-21-16-22-32-57)37-39-67(71)83-68-52-65-66(80(10,11)46-45-79(65,8)9)53-72(68)85(58-36-38-62-64(48-58)78(6,7)44-43-77(62,4)5)73-50-60(51-74(86)75(73)83)87-70-34-24-23-33-63(70)81(12)41-25-26-42-82(81,87)13/h14-24,27-40,47-53H,25-26,41-46H2,1-13H3. The van der Waals surface area contributed by atoms with Gasteiger partial charge < -0.3 is 19.6 Å². The highest BCUT2D eigenvalue weighted by Gasteiger charge is 2.58. The van der Waals surface area contributed by atoms with Crippen molar-refractivity contribution in [2.75, 3.05) is 19.6 Å². The van der Waals surface area contributed by atoms with Gasteiger partial charge in [-0.1, -0.05) is 205 Å². The molecular formula is C82H87BN4. The lowest BCUT2D eigenvalue weighted by molar-refractivity contribution is 0.195. The maximum atomic E-state index is 2.84. The van der Waals surface area contributed by atoms with E-state index in [1.165, 1.54) is 126 Å². The van der Waals surface area contributed by atoms with Gasteiger partial charge in [0.25, 0.3) is 6.71 Å². The fourth-order valence-corrected chi connectivity index (χ4v) is 17.3. The van der Waals surface area contributed by atoms with E-state index in [4.69, 9.17) is 0 Å². The van der Waals surface area contributed by atoms with Crippen LogP contribution in [0.25, 0.3) is 11.1 Å². The van der Waals surface area contributed by atoms with Gasteiger partial charge in [0.15, 0.2) is 0 Å². The van der Waals surface area contributed by atoms with Crippen LogP contribution in [0.3, 0.4) is 0 Å². The zero-order chi connectivity index (χ0) is 60.4. The van der Waals surface area contributed by atoms with Crippen LogP contribution in [-0.4, -0.2) is 12.3 Å². The second kappa shape index (κ2) is 19.4. The van der Waals surface area contributed by atoms with Crippen LogP contribution < -0.4 is 36.0 Å². The van der Waals surface area contributed by atoms with E-state index in [2.05, 4.69) is 304 Å². The summed E-state index contributed by atoms with van der Waals surface area (Å²) in [6.45, 7) is 32.2. The third kappa shape index (κ3) is 8.43. The molecule has 3 aliphatic carbocycles. The highest BCUT2D eigenvalue weighted by atomic mass is 15.3. The average Bonchev–Trinajstić information content (AvgIpc) is 1.65. The Morgan fingerprint density at radius 1 is 0.379 bits per heavy atom. The Bertz CT molecular complexity index is 4190. The molecule has 0 N–H and O–H groups in total. The molecule has 0 saturated heterocycles. The summed E-state index contributed by atoms with van der Waals surface area (Å²) in [5.74, 6) is 0. The maximum absolute atomic E-state index is 2.84. The fourth-order valence-electron chi connectivity index (χ4n) is 17.3. The average molecular weight is 1140 g/mol. The molecule has 0 radical (unpaired) electrons. The number of rotatable bonds is 7. The third-order valence-corrected chi connectivity index (χ3v) is 22.8. The number of anilines is 11. The molecule has 9 aromatic carbocycles. The molecule has 1 saturated carbocycles. The van der Waals surface area contributed by atoms with E-state index in [0.29, 0.717) is 0 Å². The van der Waals surface area contributed by atoms with E-state index in [0.717, 1.165) is 49.2 Å². The van der Waals surface area contributed by atoms with E-state index in [1.54, 1.807) is 0 Å².